The van der Waals surface area contributed by atoms with Crippen LogP contribution < -0.4 is 0 Å². The van der Waals surface area contributed by atoms with E-state index in [1.54, 1.807) is 0 Å². The van der Waals surface area contributed by atoms with Crippen molar-refractivity contribution in [2.24, 2.45) is 0 Å². The summed E-state index contributed by atoms with van der Waals surface area (Å²) in [5.41, 5.74) is 2.35. The fraction of sp³-hybridized carbons (Fsp3) is 0.273. The fourth-order valence-electron chi connectivity index (χ4n) is 1.13. The van der Waals surface area contributed by atoms with Crippen LogP contribution in [0.25, 0.3) is 0 Å². The third-order valence-electron chi connectivity index (χ3n) is 1.84. The molecule has 1 aromatic carbocycles. The van der Waals surface area contributed by atoms with E-state index in [0.717, 1.165) is 10.0 Å². The van der Waals surface area contributed by atoms with Gasteiger partial charge in [-0.25, -0.2) is 0 Å². The molecule has 0 atom stereocenters. The van der Waals surface area contributed by atoms with Crippen LogP contribution >= 0.6 is 15.9 Å². The Morgan fingerprint density at radius 3 is 2.58 bits per heavy atom. The summed E-state index contributed by atoms with van der Waals surface area (Å²) in [7, 11) is 0. The highest BCUT2D eigenvalue weighted by Gasteiger charge is 2.05. The Kier molecular flexibility index (Phi) is 3.10. The summed E-state index contributed by atoms with van der Waals surface area (Å²) in [5.74, 6) is 0.535. The summed E-state index contributed by atoms with van der Waals surface area (Å²) in [6, 6.07) is 6.16. The predicted octanol–water partition coefficient (Wildman–Crippen LogP) is 3.91. The molecule has 63 valence electrons. The van der Waals surface area contributed by atoms with Gasteiger partial charge in [0.2, 0.25) is 0 Å². The van der Waals surface area contributed by atoms with E-state index < -0.39 is 0 Å². The van der Waals surface area contributed by atoms with Gasteiger partial charge in [0.1, 0.15) is 0 Å². The quantitative estimate of drug-likeness (QED) is 0.714. The Bertz CT molecular complexity index is 287. The monoisotopic (exact) mass is 223 g/mol. The minimum atomic E-state index is 0.535. The van der Waals surface area contributed by atoms with E-state index in [-0.39, 0.29) is 0 Å². The highest BCUT2D eigenvalue weighted by molar-refractivity contribution is 9.10. The first-order valence-corrected chi connectivity index (χ1v) is 4.77. The molecule has 0 saturated carbocycles. The maximum absolute atomic E-state index is 3.64. The van der Waals surface area contributed by atoms with Crippen LogP contribution in [0.1, 0.15) is 30.9 Å². The Labute approximate surface area is 82.4 Å². The molecule has 0 saturated heterocycles. The van der Waals surface area contributed by atoms with Gasteiger partial charge >= 0.3 is 0 Å². The van der Waals surface area contributed by atoms with Gasteiger partial charge in [0.15, 0.2) is 0 Å². The second-order valence-corrected chi connectivity index (χ2v) is 3.83. The van der Waals surface area contributed by atoms with Crippen molar-refractivity contribution in [1.29, 1.82) is 0 Å². The van der Waals surface area contributed by atoms with Crippen molar-refractivity contribution < 1.29 is 0 Å². The topological polar surface area (TPSA) is 0 Å². The molecule has 1 rings (SSSR count). The largest absolute Gasteiger partial charge is 0.0905 e. The average Bonchev–Trinajstić information content (AvgIpc) is 2.04. The molecule has 0 bridgehead atoms. The summed E-state index contributed by atoms with van der Waals surface area (Å²) in [5, 5.41) is 0. The van der Waals surface area contributed by atoms with Crippen molar-refractivity contribution in [1.82, 2.24) is 0 Å². The van der Waals surface area contributed by atoms with E-state index in [4.69, 9.17) is 0 Å². The maximum Gasteiger partial charge on any atom is 0.0288 e. The summed E-state index contributed by atoms with van der Waals surface area (Å²) in [4.78, 5) is 0. The lowest BCUT2D eigenvalue weighted by Crippen LogP contribution is -1.90. The second-order valence-electron chi connectivity index (χ2n) is 3.04. The lowest BCUT2D eigenvalue weighted by atomic mass is 10.0. The van der Waals surface area contributed by atoms with Crippen LogP contribution in [0.3, 0.4) is 0 Å². The molecule has 1 radical (unpaired) electrons. The predicted molar refractivity (Wildman–Crippen MR) is 56.2 cm³/mol. The molecule has 1 aromatic rings. The molecule has 0 spiro atoms. The number of rotatable bonds is 2. The Balaban J connectivity index is 3.22. The van der Waals surface area contributed by atoms with Crippen LogP contribution in [0, 0.1) is 6.08 Å². The molecule has 12 heavy (non-hydrogen) atoms. The normalized spacial score (nSPS) is 10.3. The van der Waals surface area contributed by atoms with Crippen molar-refractivity contribution in [2.45, 2.75) is 19.8 Å². The zero-order valence-corrected chi connectivity index (χ0v) is 8.98. The van der Waals surface area contributed by atoms with Gasteiger partial charge in [0.05, 0.1) is 0 Å². The van der Waals surface area contributed by atoms with Crippen LogP contribution in [0.5, 0.6) is 0 Å². The van der Waals surface area contributed by atoms with Crippen LogP contribution in [0.4, 0.5) is 0 Å². The van der Waals surface area contributed by atoms with E-state index in [1.807, 2.05) is 12.1 Å². The first kappa shape index (κ1) is 9.53. The molecule has 0 fully saturated rings. The highest BCUT2D eigenvalue weighted by atomic mass is 79.9. The van der Waals surface area contributed by atoms with Crippen LogP contribution in [0.15, 0.2) is 29.3 Å². The maximum atomic E-state index is 3.64. The van der Waals surface area contributed by atoms with Gasteiger partial charge in [-0.2, -0.15) is 0 Å². The minimum absolute atomic E-state index is 0.535. The van der Waals surface area contributed by atoms with Crippen LogP contribution in [-0.4, -0.2) is 0 Å². The molecule has 0 aliphatic rings. The molecule has 0 unspecified atom stereocenters. The average molecular weight is 224 g/mol. The number of hydrogen-bond donors (Lipinski definition) is 0. The van der Waals surface area contributed by atoms with Crippen molar-refractivity contribution in [3.63, 3.8) is 0 Å². The Morgan fingerprint density at radius 2 is 2.08 bits per heavy atom. The first-order chi connectivity index (χ1) is 5.66. The third-order valence-corrected chi connectivity index (χ3v) is 2.73. The summed E-state index contributed by atoms with van der Waals surface area (Å²) in [6.45, 7) is 7.98. The SMILES string of the molecule is C=[C]c1cccc(C(C)C)c1Br. The van der Waals surface area contributed by atoms with E-state index >= 15 is 0 Å². The Morgan fingerprint density at radius 1 is 1.42 bits per heavy atom. The zero-order valence-electron chi connectivity index (χ0n) is 7.39. The van der Waals surface area contributed by atoms with Gasteiger partial charge in [-0.3, -0.25) is 0 Å². The van der Waals surface area contributed by atoms with Crippen molar-refractivity contribution >= 4 is 15.9 Å². The second kappa shape index (κ2) is 3.90. The smallest absolute Gasteiger partial charge is 0.0288 e. The molecule has 0 aliphatic heterocycles. The summed E-state index contributed by atoms with van der Waals surface area (Å²) < 4.78 is 1.12. The molecular formula is C11H12Br. The van der Waals surface area contributed by atoms with Gasteiger partial charge in [0, 0.05) is 4.47 Å². The van der Waals surface area contributed by atoms with Crippen molar-refractivity contribution in [2.75, 3.05) is 0 Å². The van der Waals surface area contributed by atoms with E-state index in [0.29, 0.717) is 5.92 Å². The van der Waals surface area contributed by atoms with Crippen LogP contribution in [0.2, 0.25) is 0 Å². The van der Waals surface area contributed by atoms with Gasteiger partial charge < -0.3 is 0 Å². The van der Waals surface area contributed by atoms with Crippen molar-refractivity contribution in [3.8, 4) is 0 Å². The third kappa shape index (κ3) is 1.78. The lowest BCUT2D eigenvalue weighted by molar-refractivity contribution is 0.859. The fourth-order valence-corrected chi connectivity index (χ4v) is 1.99. The van der Waals surface area contributed by atoms with E-state index in [2.05, 4.69) is 48.5 Å². The van der Waals surface area contributed by atoms with Gasteiger partial charge in [-0.15, -0.1) is 0 Å². The van der Waals surface area contributed by atoms with Crippen molar-refractivity contribution in [3.05, 3.63) is 46.5 Å². The standard InChI is InChI=1S/C11H12Br/c1-4-9-6-5-7-10(8(2)3)11(9)12/h5-8H,1H2,2-3H3. The molecule has 1 heteroatoms. The number of benzene rings is 1. The summed E-state index contributed by atoms with van der Waals surface area (Å²) in [6.07, 6.45) is 2.89. The molecule has 0 amide bonds. The van der Waals surface area contributed by atoms with Gasteiger partial charge in [-0.05, 0) is 39.1 Å². The van der Waals surface area contributed by atoms with E-state index in [1.165, 1.54) is 5.56 Å². The Hall–Kier alpha value is -0.560. The molecule has 0 aliphatic carbocycles. The first-order valence-electron chi connectivity index (χ1n) is 3.98. The molecular weight excluding hydrogens is 212 g/mol. The lowest BCUT2D eigenvalue weighted by Gasteiger charge is -2.09. The molecule has 0 N–H and O–H groups in total. The van der Waals surface area contributed by atoms with Crippen LogP contribution in [-0.2, 0) is 0 Å². The summed E-state index contributed by atoms with van der Waals surface area (Å²) >= 11 is 3.54. The zero-order chi connectivity index (χ0) is 9.14. The van der Waals surface area contributed by atoms with Gasteiger partial charge in [-0.1, -0.05) is 38.6 Å². The molecule has 0 nitrogen and oxygen atoms in total. The molecule has 0 aromatic heterocycles. The number of hydrogen-bond acceptors (Lipinski definition) is 0. The van der Waals surface area contributed by atoms with Gasteiger partial charge in [0.25, 0.3) is 0 Å². The minimum Gasteiger partial charge on any atom is -0.0905 e. The number of halogens is 1. The van der Waals surface area contributed by atoms with E-state index in [9.17, 15) is 0 Å². The highest BCUT2D eigenvalue weighted by Crippen LogP contribution is 2.27. The molecule has 0 heterocycles.